The van der Waals surface area contributed by atoms with Gasteiger partial charge in [0, 0.05) is 23.8 Å². The van der Waals surface area contributed by atoms with Crippen molar-refractivity contribution in [1.82, 2.24) is 15.1 Å². The van der Waals surface area contributed by atoms with Crippen LogP contribution < -0.4 is 5.32 Å². The van der Waals surface area contributed by atoms with Gasteiger partial charge < -0.3 is 10.4 Å². The van der Waals surface area contributed by atoms with Gasteiger partial charge in [-0.15, -0.1) is 0 Å². The molecule has 0 radical (unpaired) electrons. The molecule has 1 fully saturated rings. The first-order valence-corrected chi connectivity index (χ1v) is 6.75. The van der Waals surface area contributed by atoms with Crippen molar-refractivity contribution < 1.29 is 5.11 Å². The maximum atomic E-state index is 9.52. The number of aromatic nitrogens is 2. The van der Waals surface area contributed by atoms with Crippen LogP contribution in [0.5, 0.6) is 0 Å². The highest BCUT2D eigenvalue weighted by Gasteiger charge is 2.40. The molecule has 1 aliphatic carbocycles. The lowest BCUT2D eigenvalue weighted by Crippen LogP contribution is -2.47. The molecule has 0 aromatic carbocycles. The summed E-state index contributed by atoms with van der Waals surface area (Å²) in [6, 6.07) is 0. The van der Waals surface area contributed by atoms with Gasteiger partial charge in [0.2, 0.25) is 0 Å². The van der Waals surface area contributed by atoms with Gasteiger partial charge in [-0.3, -0.25) is 4.68 Å². The maximum Gasteiger partial charge on any atom is 0.0613 e. The molecule has 1 atom stereocenters. The van der Waals surface area contributed by atoms with Crippen LogP contribution in [0.4, 0.5) is 0 Å². The first-order valence-electron chi connectivity index (χ1n) is 6.75. The number of nitrogens with zero attached hydrogens (tertiary/aromatic N) is 2. The van der Waals surface area contributed by atoms with E-state index in [1.165, 1.54) is 18.4 Å². The SMILES string of the molecule is CC(CO)(NCc1cnn(C(C)(C)C)c1)C1CC1. The third-order valence-corrected chi connectivity index (χ3v) is 3.83. The predicted molar refractivity (Wildman–Crippen MR) is 72.3 cm³/mol. The number of nitrogens with one attached hydrogen (secondary N) is 1. The minimum absolute atomic E-state index is 0.0228. The second-order valence-corrected chi connectivity index (χ2v) is 6.67. The van der Waals surface area contributed by atoms with Crippen molar-refractivity contribution in [3.8, 4) is 0 Å². The Morgan fingerprint density at radius 2 is 2.06 bits per heavy atom. The summed E-state index contributed by atoms with van der Waals surface area (Å²) in [7, 11) is 0. The molecule has 102 valence electrons. The van der Waals surface area contributed by atoms with Crippen LogP contribution in [0.3, 0.4) is 0 Å². The molecule has 18 heavy (non-hydrogen) atoms. The Hall–Kier alpha value is -0.870. The van der Waals surface area contributed by atoms with Crippen LogP contribution in [0, 0.1) is 5.92 Å². The number of rotatable bonds is 5. The summed E-state index contributed by atoms with van der Waals surface area (Å²) < 4.78 is 1.98. The van der Waals surface area contributed by atoms with Crippen molar-refractivity contribution in [2.45, 2.75) is 58.2 Å². The Balaban J connectivity index is 1.96. The number of hydrogen-bond acceptors (Lipinski definition) is 3. The number of aliphatic hydroxyl groups excluding tert-OH is 1. The second kappa shape index (κ2) is 4.67. The lowest BCUT2D eigenvalue weighted by Gasteiger charge is -2.28. The first kappa shape index (κ1) is 13.6. The van der Waals surface area contributed by atoms with Gasteiger partial charge in [0.15, 0.2) is 0 Å². The zero-order valence-corrected chi connectivity index (χ0v) is 11.9. The van der Waals surface area contributed by atoms with Crippen LogP contribution in [-0.2, 0) is 12.1 Å². The van der Waals surface area contributed by atoms with Crippen molar-refractivity contribution in [2.24, 2.45) is 5.92 Å². The minimum Gasteiger partial charge on any atom is -0.394 e. The van der Waals surface area contributed by atoms with E-state index in [0.29, 0.717) is 5.92 Å². The van der Waals surface area contributed by atoms with Crippen molar-refractivity contribution >= 4 is 0 Å². The van der Waals surface area contributed by atoms with Crippen LogP contribution in [0.25, 0.3) is 0 Å². The fourth-order valence-electron chi connectivity index (χ4n) is 2.17. The van der Waals surface area contributed by atoms with Crippen molar-refractivity contribution in [2.75, 3.05) is 6.61 Å². The standard InChI is InChI=1S/C14H25N3O/c1-13(2,3)17-9-11(8-16-17)7-15-14(4,10-18)12-5-6-12/h8-9,12,15,18H,5-7,10H2,1-4H3. The molecule has 1 saturated carbocycles. The van der Waals surface area contributed by atoms with Crippen molar-refractivity contribution in [3.63, 3.8) is 0 Å². The van der Waals surface area contributed by atoms with Crippen molar-refractivity contribution in [3.05, 3.63) is 18.0 Å². The molecular weight excluding hydrogens is 226 g/mol. The Kier molecular flexibility index (Phi) is 3.52. The summed E-state index contributed by atoms with van der Waals surface area (Å²) in [6.45, 7) is 9.49. The third-order valence-electron chi connectivity index (χ3n) is 3.83. The van der Waals surface area contributed by atoms with Crippen molar-refractivity contribution in [1.29, 1.82) is 0 Å². The van der Waals surface area contributed by atoms with Gasteiger partial charge in [-0.1, -0.05) is 0 Å². The monoisotopic (exact) mass is 251 g/mol. The molecule has 2 rings (SSSR count). The molecule has 1 aromatic heterocycles. The molecule has 4 heteroatoms. The van der Waals surface area contributed by atoms with Crippen LogP contribution in [0.15, 0.2) is 12.4 Å². The Labute approximate surface area is 109 Å². The third kappa shape index (κ3) is 2.93. The summed E-state index contributed by atoms with van der Waals surface area (Å²) in [5, 5.41) is 17.4. The Morgan fingerprint density at radius 3 is 2.50 bits per heavy atom. The molecule has 1 aromatic rings. The zero-order chi connectivity index (χ0) is 13.4. The first-order chi connectivity index (χ1) is 8.35. The number of aliphatic hydroxyl groups is 1. The van der Waals surface area contributed by atoms with E-state index in [1.54, 1.807) is 0 Å². The summed E-state index contributed by atoms with van der Waals surface area (Å²) in [6.07, 6.45) is 6.44. The number of hydrogen-bond donors (Lipinski definition) is 2. The van der Waals surface area contributed by atoms with E-state index in [0.717, 1.165) is 6.54 Å². The van der Waals surface area contributed by atoms with E-state index in [-0.39, 0.29) is 17.7 Å². The van der Waals surface area contributed by atoms with E-state index in [9.17, 15) is 5.11 Å². The fourth-order valence-corrected chi connectivity index (χ4v) is 2.17. The van der Waals surface area contributed by atoms with Gasteiger partial charge >= 0.3 is 0 Å². The lowest BCUT2D eigenvalue weighted by molar-refractivity contribution is 0.153. The summed E-state index contributed by atoms with van der Waals surface area (Å²) in [4.78, 5) is 0. The topological polar surface area (TPSA) is 50.1 Å². The van der Waals surface area contributed by atoms with Gasteiger partial charge in [0.05, 0.1) is 18.3 Å². The highest BCUT2D eigenvalue weighted by Crippen LogP contribution is 2.39. The normalized spacial score (nSPS) is 19.8. The van der Waals surface area contributed by atoms with E-state index in [4.69, 9.17) is 0 Å². The zero-order valence-electron chi connectivity index (χ0n) is 11.9. The average Bonchev–Trinajstić information content (AvgIpc) is 3.04. The van der Waals surface area contributed by atoms with Crippen LogP contribution in [0.2, 0.25) is 0 Å². The van der Waals surface area contributed by atoms with Gasteiger partial charge in [-0.05, 0) is 46.5 Å². The van der Waals surface area contributed by atoms with E-state index in [1.807, 2.05) is 10.9 Å². The van der Waals surface area contributed by atoms with E-state index < -0.39 is 0 Å². The molecule has 1 aliphatic rings. The highest BCUT2D eigenvalue weighted by molar-refractivity contribution is 5.07. The Bertz CT molecular complexity index is 403. The lowest BCUT2D eigenvalue weighted by atomic mass is 9.97. The smallest absolute Gasteiger partial charge is 0.0613 e. The van der Waals surface area contributed by atoms with Crippen LogP contribution >= 0.6 is 0 Å². The molecule has 4 nitrogen and oxygen atoms in total. The second-order valence-electron chi connectivity index (χ2n) is 6.67. The van der Waals surface area contributed by atoms with Gasteiger partial charge in [0.1, 0.15) is 0 Å². The summed E-state index contributed by atoms with van der Waals surface area (Å²) in [5.74, 6) is 0.625. The molecule has 2 N–H and O–H groups in total. The molecule has 0 spiro atoms. The fraction of sp³-hybridized carbons (Fsp3) is 0.786. The average molecular weight is 251 g/mol. The van der Waals surface area contributed by atoms with Crippen LogP contribution in [0.1, 0.15) is 46.1 Å². The van der Waals surface area contributed by atoms with Gasteiger partial charge in [-0.25, -0.2) is 0 Å². The molecule has 1 unspecified atom stereocenters. The van der Waals surface area contributed by atoms with E-state index in [2.05, 4.69) is 44.3 Å². The van der Waals surface area contributed by atoms with Gasteiger partial charge in [-0.2, -0.15) is 5.10 Å². The maximum absolute atomic E-state index is 9.52. The van der Waals surface area contributed by atoms with Gasteiger partial charge in [0.25, 0.3) is 0 Å². The summed E-state index contributed by atoms with van der Waals surface area (Å²) in [5.41, 5.74) is 1.06. The van der Waals surface area contributed by atoms with E-state index >= 15 is 0 Å². The van der Waals surface area contributed by atoms with Crippen LogP contribution in [-0.4, -0.2) is 27.0 Å². The highest BCUT2D eigenvalue weighted by atomic mass is 16.3. The molecule has 0 aliphatic heterocycles. The molecular formula is C14H25N3O. The molecule has 0 saturated heterocycles. The summed E-state index contributed by atoms with van der Waals surface area (Å²) >= 11 is 0. The molecule has 1 heterocycles. The largest absolute Gasteiger partial charge is 0.394 e. The molecule has 0 amide bonds. The Morgan fingerprint density at radius 1 is 1.39 bits per heavy atom. The quantitative estimate of drug-likeness (QED) is 0.840. The minimum atomic E-state index is -0.135. The molecule has 0 bridgehead atoms. The predicted octanol–water partition coefficient (Wildman–Crippen LogP) is 1.89.